The first-order chi connectivity index (χ1) is 8.51. The quantitative estimate of drug-likeness (QED) is 0.774. The van der Waals surface area contributed by atoms with E-state index in [1.165, 1.54) is 0 Å². The van der Waals surface area contributed by atoms with Crippen molar-refractivity contribution in [1.82, 2.24) is 4.98 Å². The van der Waals surface area contributed by atoms with E-state index in [1.54, 1.807) is 0 Å². The molecule has 1 aromatic heterocycles. The Morgan fingerprint density at radius 2 is 2.17 bits per heavy atom. The molecule has 1 fully saturated rings. The number of hydrogen-bond acceptors (Lipinski definition) is 2. The van der Waals surface area contributed by atoms with Gasteiger partial charge in [0.2, 0.25) is 0 Å². The lowest BCUT2D eigenvalue weighted by molar-refractivity contribution is -0.0251. The first kappa shape index (κ1) is 13.9. The molecule has 0 aliphatic heterocycles. The van der Waals surface area contributed by atoms with Crippen molar-refractivity contribution in [2.45, 2.75) is 57.9 Å². The van der Waals surface area contributed by atoms with Crippen molar-refractivity contribution in [2.75, 3.05) is 0 Å². The van der Waals surface area contributed by atoms with Crippen LogP contribution in [0.4, 0.5) is 0 Å². The van der Waals surface area contributed by atoms with Crippen LogP contribution in [0, 0.1) is 12.3 Å². The molecule has 0 bridgehead atoms. The van der Waals surface area contributed by atoms with Crippen molar-refractivity contribution < 1.29 is 4.74 Å². The van der Waals surface area contributed by atoms with E-state index in [-0.39, 0.29) is 5.41 Å². The zero-order valence-electron chi connectivity index (χ0n) is 11.7. The van der Waals surface area contributed by atoms with Gasteiger partial charge in [-0.3, -0.25) is 4.98 Å². The lowest BCUT2D eigenvalue weighted by Crippen LogP contribution is -2.54. The van der Waals surface area contributed by atoms with Gasteiger partial charge in [0.1, 0.15) is 11.9 Å². The molecule has 1 aromatic rings. The summed E-state index contributed by atoms with van der Waals surface area (Å²) in [6.45, 7) is 8.68. The van der Waals surface area contributed by atoms with Crippen LogP contribution in [0.5, 0.6) is 5.75 Å². The molecule has 0 spiro atoms. The Bertz CT molecular complexity index is 435. The van der Waals surface area contributed by atoms with Crippen molar-refractivity contribution >= 4 is 15.9 Å². The lowest BCUT2D eigenvalue weighted by Gasteiger charge is -2.50. The zero-order valence-corrected chi connectivity index (χ0v) is 13.3. The van der Waals surface area contributed by atoms with Gasteiger partial charge in [0.25, 0.3) is 0 Å². The molecule has 0 amide bonds. The zero-order chi connectivity index (χ0) is 13.3. The van der Waals surface area contributed by atoms with Gasteiger partial charge < -0.3 is 4.74 Å². The maximum atomic E-state index is 6.21. The number of halogens is 1. The van der Waals surface area contributed by atoms with E-state index >= 15 is 0 Å². The van der Waals surface area contributed by atoms with Gasteiger partial charge in [0.05, 0.1) is 5.69 Å². The molecule has 1 saturated carbocycles. The van der Waals surface area contributed by atoms with Gasteiger partial charge in [-0.25, -0.2) is 0 Å². The number of aryl methyl sites for hydroxylation is 2. The molecule has 0 aromatic carbocycles. The Labute approximate surface area is 118 Å². The minimum atomic E-state index is 0.246. The van der Waals surface area contributed by atoms with Crippen LogP contribution in [0.15, 0.2) is 12.1 Å². The largest absolute Gasteiger partial charge is 0.488 e. The summed E-state index contributed by atoms with van der Waals surface area (Å²) < 4.78 is 6.21. The third-order valence-electron chi connectivity index (χ3n) is 4.31. The molecular formula is C15H22BrNO. The molecule has 3 unspecified atom stereocenters. The van der Waals surface area contributed by atoms with Crippen molar-refractivity contribution in [1.29, 1.82) is 0 Å². The van der Waals surface area contributed by atoms with Gasteiger partial charge in [-0.1, -0.05) is 36.7 Å². The molecule has 3 heteroatoms. The smallest absolute Gasteiger partial charge is 0.141 e. The minimum absolute atomic E-state index is 0.246. The number of ether oxygens (including phenoxy) is 1. The van der Waals surface area contributed by atoms with Crippen molar-refractivity contribution in [3.8, 4) is 5.75 Å². The van der Waals surface area contributed by atoms with Gasteiger partial charge in [0.15, 0.2) is 0 Å². The lowest BCUT2D eigenvalue weighted by atomic mass is 9.65. The van der Waals surface area contributed by atoms with E-state index in [1.807, 2.05) is 13.0 Å². The van der Waals surface area contributed by atoms with E-state index in [2.05, 4.69) is 47.8 Å². The molecule has 2 rings (SSSR count). The molecule has 1 aliphatic rings. The second-order valence-corrected chi connectivity index (χ2v) is 6.53. The van der Waals surface area contributed by atoms with Crippen LogP contribution in [0.2, 0.25) is 0 Å². The Morgan fingerprint density at radius 3 is 2.72 bits per heavy atom. The highest BCUT2D eigenvalue weighted by Crippen LogP contribution is 2.50. The fourth-order valence-corrected chi connectivity index (χ4v) is 3.47. The highest BCUT2D eigenvalue weighted by molar-refractivity contribution is 9.09. The molecule has 100 valence electrons. The van der Waals surface area contributed by atoms with E-state index < -0.39 is 0 Å². The molecule has 2 nitrogen and oxygen atoms in total. The predicted molar refractivity (Wildman–Crippen MR) is 78.5 cm³/mol. The van der Waals surface area contributed by atoms with Crippen LogP contribution < -0.4 is 4.74 Å². The highest BCUT2D eigenvalue weighted by atomic mass is 79.9. The van der Waals surface area contributed by atoms with Gasteiger partial charge in [-0.15, -0.1) is 0 Å². The second kappa shape index (κ2) is 5.20. The summed E-state index contributed by atoms with van der Waals surface area (Å²) in [5.41, 5.74) is 2.38. The maximum absolute atomic E-state index is 6.21. The number of hydrogen-bond donors (Lipinski definition) is 0. The van der Waals surface area contributed by atoms with Crippen LogP contribution in [-0.4, -0.2) is 15.9 Å². The van der Waals surface area contributed by atoms with Crippen LogP contribution >= 0.6 is 15.9 Å². The third kappa shape index (κ3) is 2.29. The van der Waals surface area contributed by atoms with Crippen LogP contribution in [0.1, 0.15) is 45.0 Å². The highest BCUT2D eigenvalue weighted by Gasteiger charge is 2.51. The predicted octanol–water partition coefficient (Wildman–Crippen LogP) is 4.28. The summed E-state index contributed by atoms with van der Waals surface area (Å²) in [6, 6.07) is 4.10. The molecule has 0 radical (unpaired) electrons. The summed E-state index contributed by atoms with van der Waals surface area (Å²) in [5.74, 6) is 0.965. The summed E-state index contributed by atoms with van der Waals surface area (Å²) in [7, 11) is 0. The summed E-state index contributed by atoms with van der Waals surface area (Å²) in [6.07, 6.45) is 3.45. The van der Waals surface area contributed by atoms with Gasteiger partial charge in [-0.2, -0.15) is 0 Å². The monoisotopic (exact) mass is 311 g/mol. The molecule has 0 saturated heterocycles. The van der Waals surface area contributed by atoms with Crippen LogP contribution in [-0.2, 0) is 6.42 Å². The Balaban J connectivity index is 2.15. The van der Waals surface area contributed by atoms with Gasteiger partial charge in [0, 0.05) is 15.9 Å². The molecule has 0 N–H and O–H groups in total. The fraction of sp³-hybridized carbons (Fsp3) is 0.667. The average molecular weight is 312 g/mol. The number of pyridine rings is 1. The molecule has 18 heavy (non-hydrogen) atoms. The summed E-state index contributed by atoms with van der Waals surface area (Å²) >= 11 is 3.75. The standard InChI is InChI=1S/C15H22BrNO/c1-5-11-12(8-7-10(3)17-11)18-14-9-13(16)15(14,4)6-2/h7-8,13-14H,5-6,9H2,1-4H3. The molecule has 1 aliphatic carbocycles. The van der Waals surface area contributed by atoms with Crippen molar-refractivity contribution in [3.63, 3.8) is 0 Å². The number of alkyl halides is 1. The molecule has 3 atom stereocenters. The van der Waals surface area contributed by atoms with E-state index in [9.17, 15) is 0 Å². The van der Waals surface area contributed by atoms with Crippen molar-refractivity contribution in [3.05, 3.63) is 23.5 Å². The van der Waals surface area contributed by atoms with E-state index in [0.717, 1.165) is 36.4 Å². The molecular weight excluding hydrogens is 290 g/mol. The average Bonchev–Trinajstić information content (AvgIpc) is 2.38. The summed E-state index contributed by atoms with van der Waals surface area (Å²) in [5, 5.41) is 0. The first-order valence-corrected chi connectivity index (χ1v) is 7.70. The van der Waals surface area contributed by atoms with E-state index in [4.69, 9.17) is 4.74 Å². The topological polar surface area (TPSA) is 22.1 Å². The summed E-state index contributed by atoms with van der Waals surface area (Å²) in [4.78, 5) is 5.13. The Hall–Kier alpha value is -0.570. The SMILES string of the molecule is CCc1nc(C)ccc1OC1CC(Br)C1(C)CC. The third-order valence-corrected chi connectivity index (χ3v) is 5.73. The Morgan fingerprint density at radius 1 is 1.44 bits per heavy atom. The fourth-order valence-electron chi connectivity index (χ4n) is 2.51. The number of aromatic nitrogens is 1. The number of rotatable bonds is 4. The number of nitrogens with zero attached hydrogens (tertiary/aromatic N) is 1. The van der Waals surface area contributed by atoms with Gasteiger partial charge in [-0.05, 0) is 38.3 Å². The minimum Gasteiger partial charge on any atom is -0.488 e. The van der Waals surface area contributed by atoms with Crippen LogP contribution in [0.25, 0.3) is 0 Å². The maximum Gasteiger partial charge on any atom is 0.141 e. The second-order valence-electron chi connectivity index (χ2n) is 5.42. The normalized spacial score (nSPS) is 30.9. The van der Waals surface area contributed by atoms with Crippen LogP contribution in [0.3, 0.4) is 0 Å². The van der Waals surface area contributed by atoms with Crippen molar-refractivity contribution in [2.24, 2.45) is 5.41 Å². The van der Waals surface area contributed by atoms with Gasteiger partial charge >= 0.3 is 0 Å². The Kier molecular flexibility index (Phi) is 4.00. The van der Waals surface area contributed by atoms with E-state index in [0.29, 0.717) is 10.9 Å². The first-order valence-electron chi connectivity index (χ1n) is 6.78. The molecule has 1 heterocycles.